The highest BCUT2D eigenvalue weighted by Gasteiger charge is 2.49. The molecule has 6 nitrogen and oxygen atoms in total. The fourth-order valence-corrected chi connectivity index (χ4v) is 3.22. The van der Waals surface area contributed by atoms with Crippen LogP contribution in [0.2, 0.25) is 0 Å². The summed E-state index contributed by atoms with van der Waals surface area (Å²) < 4.78 is 1.30. The SMILES string of the molecule is C.CC(C)(C#N)ON1C(C(C)(C)C#N)CCC1(C)C.CC1(C)CCC=[N+]1O. The summed E-state index contributed by atoms with van der Waals surface area (Å²) in [6, 6.07) is 4.52. The lowest BCUT2D eigenvalue weighted by molar-refractivity contribution is -0.814. The average molecular weight is 380 g/mol. The van der Waals surface area contributed by atoms with Crippen molar-refractivity contribution in [1.82, 2.24) is 5.06 Å². The Morgan fingerprint density at radius 3 is 2.00 bits per heavy atom. The second kappa shape index (κ2) is 8.59. The molecule has 1 saturated heterocycles. The molecule has 2 rings (SSSR count). The predicted octanol–water partition coefficient (Wildman–Crippen LogP) is 4.68. The third-order valence-corrected chi connectivity index (χ3v) is 5.30. The van der Waals surface area contributed by atoms with E-state index in [-0.39, 0.29) is 24.5 Å². The molecule has 2 aliphatic rings. The van der Waals surface area contributed by atoms with Crippen molar-refractivity contribution in [2.45, 2.75) is 111 Å². The van der Waals surface area contributed by atoms with Crippen LogP contribution in [0, 0.1) is 28.1 Å². The molecule has 1 unspecified atom stereocenters. The quantitative estimate of drug-likeness (QED) is 0.568. The number of hydroxylamine groups is 3. The van der Waals surface area contributed by atoms with Crippen LogP contribution in [0.15, 0.2) is 0 Å². The Kier molecular flexibility index (Phi) is 8.07. The Balaban J connectivity index is 0.000000629. The van der Waals surface area contributed by atoms with Crippen LogP contribution in [0.3, 0.4) is 0 Å². The fourth-order valence-electron chi connectivity index (χ4n) is 3.22. The zero-order valence-corrected chi connectivity index (χ0v) is 17.6. The fraction of sp³-hybridized carbons (Fsp3) is 0.857. The molecule has 1 fully saturated rings. The standard InChI is InChI=1S/C14H23N3O.C6H12NO.CH4/c1-12(2,9-15)11-7-8-13(3,4)17(11)18-14(5,6)10-16;1-6(2)4-3-5-7(6)8;/h11H,7-8H2,1-6H3;5,8H,3-4H2,1-2H3;1H4/q;+1;. The molecule has 1 N–H and O–H groups in total. The Labute approximate surface area is 166 Å². The lowest BCUT2D eigenvalue weighted by Crippen LogP contribution is -2.51. The van der Waals surface area contributed by atoms with Gasteiger partial charge in [0.15, 0.2) is 11.8 Å². The first-order valence-electron chi connectivity index (χ1n) is 9.31. The number of hydrogen-bond acceptors (Lipinski definition) is 5. The van der Waals surface area contributed by atoms with E-state index in [0.717, 1.165) is 25.7 Å². The molecule has 154 valence electrons. The number of nitrogens with zero attached hydrogens (tertiary/aromatic N) is 4. The van der Waals surface area contributed by atoms with Crippen LogP contribution in [-0.4, -0.2) is 43.9 Å². The molecule has 6 heteroatoms. The molecule has 0 saturated carbocycles. The minimum atomic E-state index is -0.870. The van der Waals surface area contributed by atoms with Crippen LogP contribution in [0.25, 0.3) is 0 Å². The lowest BCUT2D eigenvalue weighted by atomic mass is 9.85. The van der Waals surface area contributed by atoms with E-state index in [1.165, 1.54) is 4.74 Å². The van der Waals surface area contributed by atoms with Crippen LogP contribution in [0.1, 0.15) is 88.5 Å². The van der Waals surface area contributed by atoms with E-state index < -0.39 is 11.0 Å². The molecule has 0 aromatic rings. The molecule has 0 spiro atoms. The number of nitriles is 2. The van der Waals surface area contributed by atoms with Crippen molar-refractivity contribution in [3.63, 3.8) is 0 Å². The summed E-state index contributed by atoms with van der Waals surface area (Å²) in [6.45, 7) is 15.6. The highest BCUT2D eigenvalue weighted by atomic mass is 16.7. The molecule has 1 atom stereocenters. The summed E-state index contributed by atoms with van der Waals surface area (Å²) in [7, 11) is 0. The van der Waals surface area contributed by atoms with Crippen molar-refractivity contribution in [3.05, 3.63) is 0 Å². The zero-order chi connectivity index (χ0) is 20.4. The van der Waals surface area contributed by atoms with E-state index in [1.807, 2.05) is 39.0 Å². The smallest absolute Gasteiger partial charge is 0.206 e. The molecule has 0 aromatic carbocycles. The summed E-state index contributed by atoms with van der Waals surface area (Å²) >= 11 is 0. The maximum absolute atomic E-state index is 9.30. The summed E-state index contributed by atoms with van der Waals surface area (Å²) in [6.07, 6.45) is 5.76. The zero-order valence-electron chi connectivity index (χ0n) is 17.6. The maximum Gasteiger partial charge on any atom is 0.206 e. The van der Waals surface area contributed by atoms with Crippen LogP contribution >= 0.6 is 0 Å². The van der Waals surface area contributed by atoms with E-state index >= 15 is 0 Å². The molecular formula is C21H39N4O2+. The normalized spacial score (nSPS) is 23.9. The third kappa shape index (κ3) is 6.19. The van der Waals surface area contributed by atoms with Gasteiger partial charge in [-0.15, -0.1) is 0 Å². The Bertz CT molecular complexity index is 621. The predicted molar refractivity (Wildman–Crippen MR) is 107 cm³/mol. The third-order valence-electron chi connectivity index (χ3n) is 5.30. The Morgan fingerprint density at radius 1 is 1.11 bits per heavy atom. The van der Waals surface area contributed by atoms with Crippen LogP contribution in [-0.2, 0) is 4.84 Å². The highest BCUT2D eigenvalue weighted by molar-refractivity contribution is 5.52. The van der Waals surface area contributed by atoms with Crippen molar-refractivity contribution in [2.24, 2.45) is 5.41 Å². The Hall–Kier alpha value is -1.63. The summed E-state index contributed by atoms with van der Waals surface area (Å²) in [5.74, 6) is 0. The molecule has 0 aliphatic carbocycles. The van der Waals surface area contributed by atoms with Gasteiger partial charge in [0.2, 0.25) is 5.54 Å². The van der Waals surface area contributed by atoms with Crippen molar-refractivity contribution in [2.75, 3.05) is 0 Å². The van der Waals surface area contributed by atoms with Crippen molar-refractivity contribution in [3.8, 4) is 12.1 Å². The van der Waals surface area contributed by atoms with Crippen molar-refractivity contribution in [1.29, 1.82) is 10.5 Å². The molecule has 0 aromatic heterocycles. The van der Waals surface area contributed by atoms with Crippen LogP contribution < -0.4 is 0 Å². The van der Waals surface area contributed by atoms with Crippen molar-refractivity contribution >= 4 is 6.21 Å². The molecule has 0 radical (unpaired) electrons. The molecular weight excluding hydrogens is 340 g/mol. The van der Waals surface area contributed by atoms with Gasteiger partial charge >= 0.3 is 0 Å². The first-order valence-corrected chi connectivity index (χ1v) is 9.31. The minimum Gasteiger partial charge on any atom is -0.291 e. The number of hydrogen-bond donors (Lipinski definition) is 1. The summed E-state index contributed by atoms with van der Waals surface area (Å²) in [5.41, 5.74) is -1.52. The van der Waals surface area contributed by atoms with E-state index in [1.54, 1.807) is 13.8 Å². The lowest BCUT2D eigenvalue weighted by Gasteiger charge is -2.41. The van der Waals surface area contributed by atoms with Gasteiger partial charge in [0.1, 0.15) is 0 Å². The first kappa shape index (κ1) is 25.4. The highest BCUT2D eigenvalue weighted by Crippen LogP contribution is 2.42. The van der Waals surface area contributed by atoms with Gasteiger partial charge in [-0.1, -0.05) is 7.43 Å². The second-order valence-corrected chi connectivity index (χ2v) is 9.62. The average Bonchev–Trinajstić information content (AvgIpc) is 2.99. The summed E-state index contributed by atoms with van der Waals surface area (Å²) in [4.78, 5) is 5.89. The van der Waals surface area contributed by atoms with Crippen molar-refractivity contribution < 1.29 is 14.8 Å². The maximum atomic E-state index is 9.30. The number of rotatable bonds is 3. The van der Waals surface area contributed by atoms with E-state index in [2.05, 4.69) is 26.0 Å². The van der Waals surface area contributed by atoms with Gasteiger partial charge in [-0.2, -0.15) is 15.6 Å². The van der Waals surface area contributed by atoms with E-state index in [4.69, 9.17) is 15.3 Å². The van der Waals surface area contributed by atoms with Gasteiger partial charge in [-0.05, 0) is 59.1 Å². The largest absolute Gasteiger partial charge is 0.291 e. The van der Waals surface area contributed by atoms with Gasteiger partial charge in [0.05, 0.1) is 23.6 Å². The molecule has 2 aliphatic heterocycles. The molecule has 0 amide bonds. The van der Waals surface area contributed by atoms with E-state index in [0.29, 0.717) is 0 Å². The van der Waals surface area contributed by atoms with Crippen LogP contribution in [0.4, 0.5) is 0 Å². The van der Waals surface area contributed by atoms with Gasteiger partial charge in [0, 0.05) is 32.2 Å². The molecule has 0 bridgehead atoms. The molecule has 2 heterocycles. The topological polar surface area (TPSA) is 83.3 Å². The molecule has 27 heavy (non-hydrogen) atoms. The van der Waals surface area contributed by atoms with Gasteiger partial charge in [0.25, 0.3) is 0 Å². The van der Waals surface area contributed by atoms with Crippen LogP contribution in [0.5, 0.6) is 0 Å². The second-order valence-electron chi connectivity index (χ2n) is 9.62. The van der Waals surface area contributed by atoms with Gasteiger partial charge in [-0.3, -0.25) is 10.0 Å². The minimum absolute atomic E-state index is 0. The van der Waals surface area contributed by atoms with E-state index in [9.17, 15) is 5.26 Å². The monoisotopic (exact) mass is 379 g/mol. The summed E-state index contributed by atoms with van der Waals surface area (Å²) in [5, 5.41) is 29.3. The van der Waals surface area contributed by atoms with Gasteiger partial charge < -0.3 is 0 Å². The Morgan fingerprint density at radius 2 is 1.67 bits per heavy atom. The van der Waals surface area contributed by atoms with Gasteiger partial charge in [-0.25, -0.2) is 0 Å². The first-order chi connectivity index (χ1) is 11.7.